The molecule has 12 heavy (non-hydrogen) atoms. The SMILES string of the molecule is OCc1nc(C2CCCN2)co1. The average Bonchev–Trinajstić information content (AvgIpc) is 2.75. The van der Waals surface area contributed by atoms with E-state index in [4.69, 9.17) is 9.52 Å². The number of hydrogen-bond acceptors (Lipinski definition) is 4. The fourth-order valence-corrected chi connectivity index (χ4v) is 1.49. The van der Waals surface area contributed by atoms with Crippen molar-refractivity contribution in [1.29, 1.82) is 0 Å². The Bertz CT molecular complexity index is 253. The Labute approximate surface area is 70.6 Å². The molecule has 2 N–H and O–H groups in total. The summed E-state index contributed by atoms with van der Waals surface area (Å²) in [7, 11) is 0. The molecule has 1 aliphatic rings. The monoisotopic (exact) mass is 168 g/mol. The molecule has 0 aromatic carbocycles. The van der Waals surface area contributed by atoms with Crippen molar-refractivity contribution in [2.75, 3.05) is 6.54 Å². The van der Waals surface area contributed by atoms with Crippen molar-refractivity contribution in [1.82, 2.24) is 10.3 Å². The highest BCUT2D eigenvalue weighted by molar-refractivity contribution is 5.04. The molecular formula is C8H12N2O2. The summed E-state index contributed by atoms with van der Waals surface area (Å²) in [4.78, 5) is 4.13. The van der Waals surface area contributed by atoms with Crippen LogP contribution < -0.4 is 5.32 Å². The molecule has 4 heteroatoms. The molecule has 1 unspecified atom stereocenters. The van der Waals surface area contributed by atoms with E-state index in [1.807, 2.05) is 0 Å². The van der Waals surface area contributed by atoms with Crippen LogP contribution in [0.2, 0.25) is 0 Å². The number of hydrogen-bond donors (Lipinski definition) is 2. The molecular weight excluding hydrogens is 156 g/mol. The Morgan fingerprint density at radius 2 is 2.67 bits per heavy atom. The molecule has 1 saturated heterocycles. The van der Waals surface area contributed by atoms with Gasteiger partial charge in [0.25, 0.3) is 0 Å². The second-order valence-corrected chi connectivity index (χ2v) is 2.97. The van der Waals surface area contributed by atoms with E-state index in [1.54, 1.807) is 6.26 Å². The fourth-order valence-electron chi connectivity index (χ4n) is 1.49. The van der Waals surface area contributed by atoms with Gasteiger partial charge in [-0.15, -0.1) is 0 Å². The lowest BCUT2D eigenvalue weighted by atomic mass is 10.2. The maximum atomic E-state index is 8.72. The van der Waals surface area contributed by atoms with Crippen LogP contribution in [0, 0.1) is 0 Å². The van der Waals surface area contributed by atoms with Crippen molar-refractivity contribution in [2.24, 2.45) is 0 Å². The lowest BCUT2D eigenvalue weighted by Gasteiger charge is -2.03. The lowest BCUT2D eigenvalue weighted by Crippen LogP contribution is -2.13. The highest BCUT2D eigenvalue weighted by Gasteiger charge is 2.19. The van der Waals surface area contributed by atoms with E-state index in [-0.39, 0.29) is 6.61 Å². The van der Waals surface area contributed by atoms with Gasteiger partial charge in [-0.1, -0.05) is 0 Å². The predicted molar refractivity (Wildman–Crippen MR) is 42.4 cm³/mol. The zero-order valence-corrected chi connectivity index (χ0v) is 6.79. The summed E-state index contributed by atoms with van der Waals surface area (Å²) >= 11 is 0. The smallest absolute Gasteiger partial charge is 0.220 e. The minimum atomic E-state index is -0.118. The van der Waals surface area contributed by atoms with E-state index in [1.165, 1.54) is 6.42 Å². The normalized spacial score (nSPS) is 23.2. The summed E-state index contributed by atoms with van der Waals surface area (Å²) in [6, 6.07) is 0.328. The van der Waals surface area contributed by atoms with Gasteiger partial charge in [-0.05, 0) is 19.4 Å². The molecule has 1 fully saturated rings. The van der Waals surface area contributed by atoms with E-state index in [9.17, 15) is 0 Å². The van der Waals surface area contributed by atoms with Gasteiger partial charge < -0.3 is 14.8 Å². The van der Waals surface area contributed by atoms with Gasteiger partial charge in [0.05, 0.1) is 11.7 Å². The number of aromatic nitrogens is 1. The number of aliphatic hydroxyl groups is 1. The van der Waals surface area contributed by atoms with Gasteiger partial charge in [0, 0.05) is 0 Å². The number of oxazole rings is 1. The molecule has 0 bridgehead atoms. The third kappa shape index (κ3) is 1.35. The zero-order chi connectivity index (χ0) is 8.39. The molecule has 0 spiro atoms. The van der Waals surface area contributed by atoms with Crippen LogP contribution in [0.15, 0.2) is 10.7 Å². The molecule has 1 aromatic rings. The van der Waals surface area contributed by atoms with Crippen LogP contribution in [-0.2, 0) is 6.61 Å². The average molecular weight is 168 g/mol. The van der Waals surface area contributed by atoms with Gasteiger partial charge in [-0.25, -0.2) is 4.98 Å². The molecule has 0 radical (unpaired) electrons. The van der Waals surface area contributed by atoms with Crippen molar-refractivity contribution in [3.63, 3.8) is 0 Å². The number of rotatable bonds is 2. The Hall–Kier alpha value is -0.870. The summed E-state index contributed by atoms with van der Waals surface area (Å²) in [5, 5.41) is 12.0. The highest BCUT2D eigenvalue weighted by Crippen LogP contribution is 2.21. The van der Waals surface area contributed by atoms with E-state index >= 15 is 0 Å². The first-order chi connectivity index (χ1) is 5.90. The Balaban J connectivity index is 2.11. The molecule has 0 aliphatic carbocycles. The Kier molecular flexibility index (Phi) is 2.10. The summed E-state index contributed by atoms with van der Waals surface area (Å²) in [5.74, 6) is 0.402. The number of nitrogens with one attached hydrogen (secondary N) is 1. The summed E-state index contributed by atoms with van der Waals surface area (Å²) in [5.41, 5.74) is 0.913. The second-order valence-electron chi connectivity index (χ2n) is 2.97. The summed E-state index contributed by atoms with van der Waals surface area (Å²) in [6.07, 6.45) is 3.91. The standard InChI is InChI=1S/C8H12N2O2/c11-4-8-10-7(5-12-8)6-2-1-3-9-6/h5-6,9,11H,1-4H2. The summed E-state index contributed by atoms with van der Waals surface area (Å²) < 4.78 is 5.03. The van der Waals surface area contributed by atoms with Gasteiger partial charge >= 0.3 is 0 Å². The van der Waals surface area contributed by atoms with Crippen LogP contribution in [0.25, 0.3) is 0 Å². The molecule has 2 heterocycles. The van der Waals surface area contributed by atoms with Crippen LogP contribution >= 0.6 is 0 Å². The van der Waals surface area contributed by atoms with Crippen molar-refractivity contribution in [2.45, 2.75) is 25.5 Å². The molecule has 1 aromatic heterocycles. The highest BCUT2D eigenvalue weighted by atomic mass is 16.4. The molecule has 1 aliphatic heterocycles. The molecule has 0 saturated carbocycles. The van der Waals surface area contributed by atoms with Gasteiger partial charge in [0.2, 0.25) is 5.89 Å². The van der Waals surface area contributed by atoms with E-state index in [0.717, 1.165) is 18.7 Å². The van der Waals surface area contributed by atoms with Crippen molar-refractivity contribution in [3.05, 3.63) is 17.8 Å². The third-order valence-electron chi connectivity index (χ3n) is 2.12. The quantitative estimate of drug-likeness (QED) is 0.678. The van der Waals surface area contributed by atoms with Crippen LogP contribution in [0.4, 0.5) is 0 Å². The molecule has 2 rings (SSSR count). The lowest BCUT2D eigenvalue weighted by molar-refractivity contribution is 0.240. The first kappa shape index (κ1) is 7.76. The molecule has 1 atom stereocenters. The third-order valence-corrected chi connectivity index (χ3v) is 2.12. The van der Waals surface area contributed by atoms with E-state index < -0.39 is 0 Å². The Morgan fingerprint density at radius 1 is 1.75 bits per heavy atom. The van der Waals surface area contributed by atoms with E-state index in [0.29, 0.717) is 11.9 Å². The molecule has 4 nitrogen and oxygen atoms in total. The molecule has 0 amide bonds. The van der Waals surface area contributed by atoms with Gasteiger partial charge in [0.15, 0.2) is 0 Å². The van der Waals surface area contributed by atoms with Crippen molar-refractivity contribution in [3.8, 4) is 0 Å². The maximum absolute atomic E-state index is 8.72. The first-order valence-electron chi connectivity index (χ1n) is 4.18. The van der Waals surface area contributed by atoms with E-state index in [2.05, 4.69) is 10.3 Å². The topological polar surface area (TPSA) is 58.3 Å². The van der Waals surface area contributed by atoms with Crippen molar-refractivity contribution >= 4 is 0 Å². The van der Waals surface area contributed by atoms with Crippen LogP contribution in [0.1, 0.15) is 30.5 Å². The predicted octanol–water partition coefficient (Wildman–Crippen LogP) is 0.591. The van der Waals surface area contributed by atoms with Crippen molar-refractivity contribution < 1.29 is 9.52 Å². The van der Waals surface area contributed by atoms with Gasteiger partial charge in [-0.2, -0.15) is 0 Å². The maximum Gasteiger partial charge on any atom is 0.220 e. The minimum absolute atomic E-state index is 0.118. The largest absolute Gasteiger partial charge is 0.446 e. The summed E-state index contributed by atoms with van der Waals surface area (Å²) in [6.45, 7) is 0.929. The van der Waals surface area contributed by atoms with Crippen LogP contribution in [0.3, 0.4) is 0 Å². The van der Waals surface area contributed by atoms with Crippen LogP contribution in [-0.4, -0.2) is 16.6 Å². The van der Waals surface area contributed by atoms with Gasteiger partial charge in [0.1, 0.15) is 12.9 Å². The first-order valence-corrected chi connectivity index (χ1v) is 4.18. The molecule has 66 valence electrons. The minimum Gasteiger partial charge on any atom is -0.446 e. The van der Waals surface area contributed by atoms with Crippen LogP contribution in [0.5, 0.6) is 0 Å². The second kappa shape index (κ2) is 3.25. The fraction of sp³-hybridized carbons (Fsp3) is 0.625. The Morgan fingerprint density at radius 3 is 3.25 bits per heavy atom. The number of aliphatic hydroxyl groups excluding tert-OH is 1. The zero-order valence-electron chi connectivity index (χ0n) is 6.79. The van der Waals surface area contributed by atoms with Gasteiger partial charge in [-0.3, -0.25) is 0 Å². The number of nitrogens with zero attached hydrogens (tertiary/aromatic N) is 1.